The Morgan fingerprint density at radius 1 is 1.00 bits per heavy atom. The second-order valence-electron chi connectivity index (χ2n) is 7.07. The molecule has 9 heteroatoms. The lowest BCUT2D eigenvalue weighted by Gasteiger charge is -2.08. The molecule has 0 unspecified atom stereocenters. The molecule has 0 radical (unpaired) electrons. The van der Waals surface area contributed by atoms with Crippen LogP contribution >= 0.6 is 11.3 Å². The topological polar surface area (TPSA) is 101 Å². The van der Waals surface area contributed by atoms with Gasteiger partial charge in [-0.15, -0.1) is 10.2 Å². The average Bonchev–Trinajstić information content (AvgIpc) is 3.22. The van der Waals surface area contributed by atoms with Crippen molar-refractivity contribution in [2.75, 3.05) is 11.9 Å². The molecule has 0 saturated carbocycles. The van der Waals surface area contributed by atoms with E-state index in [9.17, 15) is 13.2 Å². The van der Waals surface area contributed by atoms with Crippen molar-refractivity contribution in [3.63, 3.8) is 0 Å². The number of nitrogens with one attached hydrogen (secondary N) is 2. The van der Waals surface area contributed by atoms with E-state index >= 15 is 0 Å². The minimum Gasteiger partial charge on any atom is -0.296 e. The van der Waals surface area contributed by atoms with Crippen LogP contribution < -0.4 is 10.0 Å². The first-order valence-electron chi connectivity index (χ1n) is 10.3. The van der Waals surface area contributed by atoms with Crippen LogP contribution in [0, 0.1) is 0 Å². The smallest absolute Gasteiger partial charge is 0.257 e. The number of aryl methyl sites for hydroxylation is 2. The highest BCUT2D eigenvalue weighted by Gasteiger charge is 2.17. The number of hydrogen-bond donors (Lipinski definition) is 2. The Morgan fingerprint density at radius 3 is 2.58 bits per heavy atom. The third kappa shape index (κ3) is 6.95. The van der Waals surface area contributed by atoms with E-state index in [2.05, 4.69) is 32.4 Å². The van der Waals surface area contributed by atoms with Crippen molar-refractivity contribution in [3.05, 3.63) is 70.7 Å². The molecular weight excluding hydrogens is 432 g/mol. The molecule has 0 saturated heterocycles. The molecule has 0 aliphatic heterocycles. The predicted molar refractivity (Wildman–Crippen MR) is 123 cm³/mol. The fraction of sp³-hybridized carbons (Fsp3) is 0.318. The van der Waals surface area contributed by atoms with Gasteiger partial charge in [-0.3, -0.25) is 10.1 Å². The fourth-order valence-electron chi connectivity index (χ4n) is 2.93. The molecule has 0 aliphatic rings. The second-order valence-corrected chi connectivity index (χ2v) is 9.90. The fourth-order valence-corrected chi connectivity index (χ4v) is 4.83. The van der Waals surface area contributed by atoms with Crippen molar-refractivity contribution in [2.45, 2.75) is 43.9 Å². The molecule has 164 valence electrons. The normalized spacial score (nSPS) is 11.4. The van der Waals surface area contributed by atoms with Crippen LogP contribution in [-0.2, 0) is 22.9 Å². The summed E-state index contributed by atoms with van der Waals surface area (Å²) in [6, 6.07) is 16.2. The van der Waals surface area contributed by atoms with E-state index in [0.29, 0.717) is 11.7 Å². The van der Waals surface area contributed by atoms with Crippen molar-refractivity contribution >= 4 is 32.4 Å². The van der Waals surface area contributed by atoms with E-state index < -0.39 is 15.9 Å². The summed E-state index contributed by atoms with van der Waals surface area (Å²) in [5, 5.41) is 12.1. The van der Waals surface area contributed by atoms with Crippen LogP contribution in [0.5, 0.6) is 0 Å². The van der Waals surface area contributed by atoms with E-state index in [1.165, 1.54) is 29.0 Å². The number of hydrogen-bond acceptors (Lipinski definition) is 6. The molecular formula is C22H26N4O3S2. The molecule has 7 nitrogen and oxygen atoms in total. The molecule has 3 rings (SSSR count). The molecule has 2 aromatic carbocycles. The summed E-state index contributed by atoms with van der Waals surface area (Å²) in [7, 11) is -3.65. The Balaban J connectivity index is 1.57. The Kier molecular flexibility index (Phi) is 8.27. The SMILES string of the molecule is CCCCNS(=O)(=O)c1cccc(C(=O)Nc2nnc(CCCc3ccccc3)s2)c1. The minimum absolute atomic E-state index is 0.0649. The van der Waals surface area contributed by atoms with Crippen LogP contribution in [0.25, 0.3) is 0 Å². The van der Waals surface area contributed by atoms with Gasteiger partial charge >= 0.3 is 0 Å². The van der Waals surface area contributed by atoms with Gasteiger partial charge in [0.1, 0.15) is 5.01 Å². The third-order valence-electron chi connectivity index (χ3n) is 4.62. The van der Waals surface area contributed by atoms with Gasteiger partial charge in [0, 0.05) is 18.5 Å². The van der Waals surface area contributed by atoms with Gasteiger partial charge in [-0.1, -0.05) is 61.1 Å². The highest BCUT2D eigenvalue weighted by Crippen LogP contribution is 2.19. The lowest BCUT2D eigenvalue weighted by atomic mass is 10.1. The number of aromatic nitrogens is 2. The molecule has 31 heavy (non-hydrogen) atoms. The maximum absolute atomic E-state index is 12.6. The van der Waals surface area contributed by atoms with Gasteiger partial charge < -0.3 is 0 Å². The number of amides is 1. The zero-order chi connectivity index (χ0) is 22.1. The summed E-state index contributed by atoms with van der Waals surface area (Å²) >= 11 is 1.33. The average molecular weight is 459 g/mol. The second kappa shape index (κ2) is 11.1. The number of rotatable bonds is 11. The highest BCUT2D eigenvalue weighted by atomic mass is 32.2. The zero-order valence-electron chi connectivity index (χ0n) is 17.4. The highest BCUT2D eigenvalue weighted by molar-refractivity contribution is 7.89. The molecule has 1 heterocycles. The number of benzene rings is 2. The van der Waals surface area contributed by atoms with Gasteiger partial charge in [-0.05, 0) is 43.0 Å². The van der Waals surface area contributed by atoms with Crippen LogP contribution in [0.2, 0.25) is 0 Å². The Labute approximate surface area is 187 Å². The first kappa shape index (κ1) is 23.1. The van der Waals surface area contributed by atoms with Gasteiger partial charge in [-0.25, -0.2) is 13.1 Å². The van der Waals surface area contributed by atoms with Crippen molar-refractivity contribution in [1.82, 2.24) is 14.9 Å². The third-order valence-corrected chi connectivity index (χ3v) is 6.97. The quantitative estimate of drug-likeness (QED) is 0.422. The van der Waals surface area contributed by atoms with Crippen LogP contribution in [0.1, 0.15) is 47.1 Å². The molecule has 1 aromatic heterocycles. The standard InChI is InChI=1S/C22H26N4O3S2/c1-2-3-15-23-31(28,29)19-13-8-12-18(16-19)21(27)24-22-26-25-20(30-22)14-7-11-17-9-5-4-6-10-17/h4-6,8-10,12-13,16,23H,2-3,7,11,14-15H2,1H3,(H,24,26,27). The summed E-state index contributed by atoms with van der Waals surface area (Å²) in [5.41, 5.74) is 1.53. The number of sulfonamides is 1. The van der Waals surface area contributed by atoms with Gasteiger partial charge in [0.05, 0.1) is 4.90 Å². The lowest BCUT2D eigenvalue weighted by molar-refractivity contribution is 0.102. The van der Waals surface area contributed by atoms with Crippen LogP contribution in [-0.4, -0.2) is 31.1 Å². The summed E-state index contributed by atoms with van der Waals surface area (Å²) in [6.07, 6.45) is 4.32. The van der Waals surface area contributed by atoms with Crippen molar-refractivity contribution < 1.29 is 13.2 Å². The van der Waals surface area contributed by atoms with E-state index in [-0.39, 0.29) is 10.5 Å². The first-order chi connectivity index (χ1) is 15.0. The zero-order valence-corrected chi connectivity index (χ0v) is 19.0. The molecule has 1 amide bonds. The van der Waals surface area contributed by atoms with E-state index in [0.717, 1.165) is 37.1 Å². The van der Waals surface area contributed by atoms with Crippen LogP contribution in [0.3, 0.4) is 0 Å². The van der Waals surface area contributed by atoms with Crippen molar-refractivity contribution in [2.24, 2.45) is 0 Å². The van der Waals surface area contributed by atoms with Gasteiger partial charge in [0.25, 0.3) is 5.91 Å². The molecule has 0 atom stereocenters. The van der Waals surface area contributed by atoms with Crippen LogP contribution in [0.15, 0.2) is 59.5 Å². The Morgan fingerprint density at radius 2 is 1.81 bits per heavy atom. The Hall–Kier alpha value is -2.62. The Bertz CT molecular complexity index is 1100. The summed E-state index contributed by atoms with van der Waals surface area (Å²) in [6.45, 7) is 2.36. The molecule has 0 bridgehead atoms. The summed E-state index contributed by atoms with van der Waals surface area (Å²) in [4.78, 5) is 12.6. The largest absolute Gasteiger partial charge is 0.296 e. The predicted octanol–water partition coefficient (Wildman–Crippen LogP) is 4.04. The monoisotopic (exact) mass is 458 g/mol. The first-order valence-corrected chi connectivity index (χ1v) is 12.6. The minimum atomic E-state index is -3.65. The van der Waals surface area contributed by atoms with Gasteiger partial charge in [-0.2, -0.15) is 0 Å². The molecule has 2 N–H and O–H groups in total. The maximum atomic E-state index is 12.6. The van der Waals surface area contributed by atoms with E-state index in [4.69, 9.17) is 0 Å². The van der Waals surface area contributed by atoms with E-state index in [1.54, 1.807) is 12.1 Å². The number of unbranched alkanes of at least 4 members (excludes halogenated alkanes) is 1. The van der Waals surface area contributed by atoms with Gasteiger partial charge in [0.2, 0.25) is 15.2 Å². The summed E-state index contributed by atoms with van der Waals surface area (Å²) in [5.74, 6) is -0.419. The molecule has 0 aliphatic carbocycles. The van der Waals surface area contributed by atoms with Crippen molar-refractivity contribution in [1.29, 1.82) is 0 Å². The number of carbonyl (C=O) groups excluding carboxylic acids is 1. The van der Waals surface area contributed by atoms with Crippen molar-refractivity contribution in [3.8, 4) is 0 Å². The molecule has 3 aromatic rings. The van der Waals surface area contributed by atoms with Crippen LogP contribution in [0.4, 0.5) is 5.13 Å². The molecule has 0 spiro atoms. The number of nitrogens with zero attached hydrogens (tertiary/aromatic N) is 2. The lowest BCUT2D eigenvalue weighted by Crippen LogP contribution is -2.25. The number of anilines is 1. The summed E-state index contributed by atoms with van der Waals surface area (Å²) < 4.78 is 27.3. The van der Waals surface area contributed by atoms with Gasteiger partial charge in [0.15, 0.2) is 0 Å². The maximum Gasteiger partial charge on any atom is 0.257 e. The van der Waals surface area contributed by atoms with E-state index in [1.807, 2.05) is 25.1 Å². The number of carbonyl (C=O) groups is 1. The molecule has 0 fully saturated rings.